The van der Waals surface area contributed by atoms with E-state index in [1.807, 2.05) is 0 Å². The van der Waals surface area contributed by atoms with Gasteiger partial charge in [-0.2, -0.15) is 0 Å². The summed E-state index contributed by atoms with van der Waals surface area (Å²) in [5, 5.41) is 0. The highest BCUT2D eigenvalue weighted by Gasteiger charge is 2.37. The monoisotopic (exact) mass is 688 g/mol. The maximum absolute atomic E-state index is 5.78. The summed E-state index contributed by atoms with van der Waals surface area (Å²) in [5.74, 6) is 0. The second-order valence-corrected chi connectivity index (χ2v) is 25.7. The number of benzene rings is 2. The molecular formula is C26H36N2O4S6Si2. The molecule has 2 atom stereocenters. The molecule has 14 heteroatoms. The van der Waals surface area contributed by atoms with Crippen LogP contribution < -0.4 is 0 Å². The van der Waals surface area contributed by atoms with Crippen molar-refractivity contribution < 1.29 is 17.7 Å². The minimum Gasteiger partial charge on any atom is -0.398 e. The Balaban J connectivity index is 1.37. The predicted molar refractivity (Wildman–Crippen MR) is 184 cm³/mol. The van der Waals surface area contributed by atoms with E-state index in [9.17, 15) is 0 Å². The zero-order valence-electron chi connectivity index (χ0n) is 24.0. The standard InChI is InChI=1S/C26H36N2O4S6Si2/c1-17(39(7,29-3)30-4)15-19-11-9-13-21-23(19)27-25(33-21)35-37-38-36-26-28-24-20(12-10-14-22(24)34-26)16-18(2)40(8,31-5)32-6/h9-14,17-18H,15-16H2,1-8H3. The van der Waals surface area contributed by atoms with Crippen LogP contribution in [0.25, 0.3) is 20.4 Å². The van der Waals surface area contributed by atoms with Crippen molar-refractivity contribution in [2.45, 2.75) is 59.5 Å². The van der Waals surface area contributed by atoms with E-state index in [-0.39, 0.29) is 0 Å². The number of thiazole rings is 2. The summed E-state index contributed by atoms with van der Waals surface area (Å²) in [6.45, 7) is 8.68. The van der Waals surface area contributed by atoms with Gasteiger partial charge in [-0.25, -0.2) is 9.97 Å². The van der Waals surface area contributed by atoms with Crippen molar-refractivity contribution >= 4 is 101 Å². The van der Waals surface area contributed by atoms with Crippen LogP contribution >= 0.6 is 63.9 Å². The Morgan fingerprint density at radius 2 is 1.05 bits per heavy atom. The van der Waals surface area contributed by atoms with E-state index >= 15 is 0 Å². The van der Waals surface area contributed by atoms with Gasteiger partial charge in [-0.1, -0.05) is 38.1 Å². The fourth-order valence-corrected chi connectivity index (χ4v) is 16.2. The Morgan fingerprint density at radius 3 is 1.40 bits per heavy atom. The third-order valence-corrected chi connectivity index (χ3v) is 23.6. The molecule has 0 amide bonds. The molecule has 4 rings (SSSR count). The molecule has 0 bridgehead atoms. The molecule has 2 aromatic heterocycles. The fraction of sp³-hybridized carbons (Fsp3) is 0.462. The Hall–Kier alpha value is -0.106. The molecule has 0 saturated heterocycles. The van der Waals surface area contributed by atoms with Crippen LogP contribution in [0.1, 0.15) is 25.0 Å². The Bertz CT molecular complexity index is 1310. The highest BCUT2D eigenvalue weighted by Crippen LogP contribution is 2.52. The highest BCUT2D eigenvalue weighted by atomic mass is 33.7. The minimum absolute atomic E-state index is 0.316. The van der Waals surface area contributed by atoms with Gasteiger partial charge >= 0.3 is 17.1 Å². The number of hydrogen-bond acceptors (Lipinski definition) is 12. The van der Waals surface area contributed by atoms with Gasteiger partial charge in [0.2, 0.25) is 0 Å². The largest absolute Gasteiger partial charge is 0.398 e. The normalized spacial score (nSPS) is 14.3. The van der Waals surface area contributed by atoms with Crippen LogP contribution in [0.4, 0.5) is 0 Å². The van der Waals surface area contributed by atoms with Crippen molar-refractivity contribution in [1.29, 1.82) is 0 Å². The first kappa shape index (κ1) is 32.8. The summed E-state index contributed by atoms with van der Waals surface area (Å²) in [5.41, 5.74) is 5.33. The molecular weight excluding hydrogens is 653 g/mol. The van der Waals surface area contributed by atoms with Gasteiger partial charge in [0, 0.05) is 39.5 Å². The second-order valence-electron chi connectivity index (χ2n) is 9.85. The van der Waals surface area contributed by atoms with Crippen LogP contribution in [0.15, 0.2) is 45.1 Å². The van der Waals surface area contributed by atoms with Crippen LogP contribution in [0.2, 0.25) is 24.2 Å². The molecule has 0 saturated carbocycles. The van der Waals surface area contributed by atoms with Crippen molar-refractivity contribution in [3.8, 4) is 0 Å². The van der Waals surface area contributed by atoms with Crippen molar-refractivity contribution in [1.82, 2.24) is 9.97 Å². The summed E-state index contributed by atoms with van der Waals surface area (Å²) in [6.07, 6.45) is 1.79. The number of fused-ring (bicyclic) bond motifs is 2. The number of nitrogens with zero attached hydrogens (tertiary/aromatic N) is 2. The van der Waals surface area contributed by atoms with Crippen LogP contribution in [-0.2, 0) is 30.5 Å². The third kappa shape index (κ3) is 7.51. The van der Waals surface area contributed by atoms with E-state index < -0.39 is 17.1 Å². The van der Waals surface area contributed by atoms with E-state index in [1.165, 1.54) is 20.5 Å². The van der Waals surface area contributed by atoms with Crippen molar-refractivity contribution in [2.24, 2.45) is 0 Å². The maximum Gasteiger partial charge on any atom is 0.337 e. The molecule has 2 heterocycles. The van der Waals surface area contributed by atoms with E-state index in [0.29, 0.717) is 11.1 Å². The summed E-state index contributed by atoms with van der Waals surface area (Å²) < 4.78 is 27.7. The average molecular weight is 689 g/mol. The molecule has 40 heavy (non-hydrogen) atoms. The molecule has 0 fully saturated rings. The Morgan fingerprint density at radius 1 is 0.675 bits per heavy atom. The first-order chi connectivity index (χ1) is 19.2. The van der Waals surface area contributed by atoms with E-state index in [4.69, 9.17) is 27.7 Å². The molecule has 0 radical (unpaired) electrons. The number of aromatic nitrogens is 2. The van der Waals surface area contributed by atoms with Crippen LogP contribution in [0, 0.1) is 0 Å². The van der Waals surface area contributed by atoms with Gasteiger partial charge in [-0.15, -0.1) is 22.7 Å². The molecule has 0 aliphatic carbocycles. The predicted octanol–water partition coefficient (Wildman–Crippen LogP) is 9.60. The molecule has 0 aliphatic rings. The lowest BCUT2D eigenvalue weighted by atomic mass is 10.1. The van der Waals surface area contributed by atoms with Gasteiger partial charge in [-0.3, -0.25) is 0 Å². The van der Waals surface area contributed by atoms with Gasteiger partial charge in [0.25, 0.3) is 0 Å². The van der Waals surface area contributed by atoms with E-state index in [1.54, 1.807) is 92.4 Å². The molecule has 4 aromatic rings. The number of rotatable bonds is 15. The number of para-hydroxylation sites is 2. The zero-order chi connectivity index (χ0) is 28.9. The second kappa shape index (κ2) is 14.6. The maximum atomic E-state index is 5.78. The van der Waals surface area contributed by atoms with Gasteiger partial charge in [0.1, 0.15) is 0 Å². The average Bonchev–Trinajstić information content (AvgIpc) is 3.59. The zero-order valence-corrected chi connectivity index (χ0v) is 30.9. The van der Waals surface area contributed by atoms with Gasteiger partial charge in [0.15, 0.2) is 8.68 Å². The molecule has 2 unspecified atom stereocenters. The Labute approximate surface area is 262 Å². The lowest BCUT2D eigenvalue weighted by molar-refractivity contribution is 0.237. The molecule has 0 spiro atoms. The summed E-state index contributed by atoms with van der Waals surface area (Å²) in [7, 11) is 9.49. The van der Waals surface area contributed by atoms with Gasteiger partial charge < -0.3 is 17.7 Å². The summed E-state index contributed by atoms with van der Waals surface area (Å²) in [4.78, 5) is 9.99. The molecule has 2 aromatic carbocycles. The van der Waals surface area contributed by atoms with Crippen molar-refractivity contribution in [3.63, 3.8) is 0 Å². The summed E-state index contributed by atoms with van der Waals surface area (Å²) in [6, 6.07) is 12.9. The first-order valence-electron chi connectivity index (χ1n) is 12.8. The fourth-order valence-electron chi connectivity index (χ4n) is 4.46. The van der Waals surface area contributed by atoms with E-state index in [0.717, 1.165) is 32.6 Å². The molecule has 6 nitrogen and oxygen atoms in total. The molecule has 218 valence electrons. The van der Waals surface area contributed by atoms with Crippen molar-refractivity contribution in [3.05, 3.63) is 47.5 Å². The summed E-state index contributed by atoms with van der Waals surface area (Å²) >= 11 is 3.50. The van der Waals surface area contributed by atoms with E-state index in [2.05, 4.69) is 63.3 Å². The van der Waals surface area contributed by atoms with Crippen molar-refractivity contribution in [2.75, 3.05) is 28.4 Å². The first-order valence-corrected chi connectivity index (χ1v) is 24.0. The minimum atomic E-state index is -2.21. The number of hydrogen-bond donors (Lipinski definition) is 0. The lowest BCUT2D eigenvalue weighted by Gasteiger charge is -2.29. The topological polar surface area (TPSA) is 62.7 Å². The van der Waals surface area contributed by atoms with Crippen LogP contribution in [0.3, 0.4) is 0 Å². The SMILES string of the molecule is CO[Si](C)(OC)C(C)Cc1cccc2sc(SSSSc3nc4c(CC(C)[Si](C)(OC)OC)cccc4s3)nc12. The highest BCUT2D eigenvalue weighted by molar-refractivity contribution is 9.26. The van der Waals surface area contributed by atoms with Gasteiger partial charge in [0.05, 0.1) is 20.4 Å². The third-order valence-electron chi connectivity index (χ3n) is 7.67. The Kier molecular flexibility index (Phi) is 12.0. The molecule has 0 N–H and O–H groups in total. The lowest BCUT2D eigenvalue weighted by Crippen LogP contribution is -2.41. The quantitative estimate of drug-likeness (QED) is 0.0685. The van der Waals surface area contributed by atoms with Crippen LogP contribution in [0.5, 0.6) is 0 Å². The molecule has 0 aliphatic heterocycles. The smallest absolute Gasteiger partial charge is 0.337 e. The van der Waals surface area contributed by atoms with Crippen LogP contribution in [-0.4, -0.2) is 55.5 Å². The van der Waals surface area contributed by atoms with Gasteiger partial charge in [-0.05, 0) is 90.4 Å².